The highest BCUT2D eigenvalue weighted by Crippen LogP contribution is 2.45. The third kappa shape index (κ3) is 27.0. The molecule has 0 heterocycles. The molecule has 0 atom stereocenters. The van der Waals surface area contributed by atoms with E-state index >= 15 is 0 Å². The summed E-state index contributed by atoms with van der Waals surface area (Å²) in [5.74, 6) is 32.4. The first kappa shape index (κ1) is 70.8. The Kier molecular flexibility index (Phi) is 34.5. The van der Waals surface area contributed by atoms with E-state index in [0.717, 1.165) is 53.3 Å². The number of hydrogen-bond donors (Lipinski definition) is 0. The minimum atomic E-state index is 0.635. The van der Waals surface area contributed by atoms with Gasteiger partial charge in [-0.25, -0.2) is 0 Å². The summed E-state index contributed by atoms with van der Waals surface area (Å²) in [5, 5.41) is 0. The van der Waals surface area contributed by atoms with Gasteiger partial charge in [-0.05, 0) is 260 Å². The van der Waals surface area contributed by atoms with Crippen molar-refractivity contribution < 1.29 is 0 Å². The highest BCUT2D eigenvalue weighted by Gasteiger charge is 2.33. The van der Waals surface area contributed by atoms with Crippen LogP contribution in [-0.2, 0) is 19.3 Å². The van der Waals surface area contributed by atoms with Gasteiger partial charge < -0.3 is 0 Å². The predicted octanol–water partition coefficient (Wildman–Crippen LogP) is 25.7. The fraction of sp³-hybridized carbons (Fsp3) is 0.724. The Morgan fingerprint density at radius 3 is 0.747 bits per heavy atom. The SMILES string of the molecule is CCCCCc1ccc(C#CC2CCC(C3CCC(CCC)CC3)CC2)cc1.CCCCCc1ccc(C#CC2CCC(C3CCC(CCCC)CC3)CC2)cc1.CCCCCc1ccc(C#CC2CCC(C3CCC(CCCCC)CC3)CC2)cc1. The van der Waals surface area contributed by atoms with Crippen LogP contribution in [0.1, 0.15) is 345 Å². The van der Waals surface area contributed by atoms with Gasteiger partial charge in [0.1, 0.15) is 0 Å². The van der Waals surface area contributed by atoms with Crippen molar-refractivity contribution in [3.8, 4) is 35.5 Å². The van der Waals surface area contributed by atoms with Gasteiger partial charge in [0.25, 0.3) is 0 Å². The molecule has 0 aromatic heterocycles. The van der Waals surface area contributed by atoms with Crippen LogP contribution in [0, 0.1) is 107 Å². The van der Waals surface area contributed by atoms with Crippen molar-refractivity contribution in [1.29, 1.82) is 0 Å². The summed E-state index contributed by atoms with van der Waals surface area (Å²) in [4.78, 5) is 0. The predicted molar refractivity (Wildman–Crippen MR) is 381 cm³/mol. The lowest BCUT2D eigenvalue weighted by molar-refractivity contribution is 0.153. The lowest BCUT2D eigenvalue weighted by Gasteiger charge is -2.37. The minimum absolute atomic E-state index is 0.635. The van der Waals surface area contributed by atoms with Gasteiger partial charge in [0.15, 0.2) is 0 Å². The Labute approximate surface area is 540 Å². The minimum Gasteiger partial charge on any atom is -0.0945 e. The van der Waals surface area contributed by atoms with E-state index in [1.807, 2.05) is 0 Å². The summed E-state index contributed by atoms with van der Waals surface area (Å²) in [5.41, 5.74) is 8.02. The summed E-state index contributed by atoms with van der Waals surface area (Å²) in [6, 6.07) is 27.1. The van der Waals surface area contributed by atoms with E-state index in [9.17, 15) is 0 Å². The Morgan fingerprint density at radius 2 is 0.483 bits per heavy atom. The molecular weight excluding hydrogens is 1040 g/mol. The second-order valence-electron chi connectivity index (χ2n) is 29.9. The molecule has 6 aliphatic carbocycles. The molecule has 0 spiro atoms. The van der Waals surface area contributed by atoms with Crippen LogP contribution < -0.4 is 0 Å². The molecule has 0 nitrogen and oxygen atoms in total. The monoisotopic (exact) mass is 1180 g/mol. The van der Waals surface area contributed by atoms with E-state index in [1.165, 1.54) is 322 Å². The van der Waals surface area contributed by atoms with Crippen LogP contribution >= 0.6 is 0 Å². The molecule has 3 aromatic rings. The highest BCUT2D eigenvalue weighted by atomic mass is 14.4. The third-order valence-corrected chi connectivity index (χ3v) is 23.2. The summed E-state index contributed by atoms with van der Waals surface area (Å²) in [7, 11) is 0. The van der Waals surface area contributed by atoms with Crippen LogP contribution in [0.15, 0.2) is 72.8 Å². The Hall–Kier alpha value is -3.66. The molecule has 0 unspecified atom stereocenters. The van der Waals surface area contributed by atoms with E-state index in [0.29, 0.717) is 17.8 Å². The van der Waals surface area contributed by atoms with E-state index in [-0.39, 0.29) is 0 Å². The Morgan fingerprint density at radius 1 is 0.241 bits per heavy atom. The molecule has 3 aromatic carbocycles. The molecule has 0 amide bonds. The van der Waals surface area contributed by atoms with Crippen molar-refractivity contribution in [3.05, 3.63) is 106 Å². The Balaban J connectivity index is 0.000000187. The average Bonchev–Trinajstić information content (AvgIpc) is 3.65. The molecular formula is C87H132. The second-order valence-corrected chi connectivity index (χ2v) is 29.9. The third-order valence-electron chi connectivity index (χ3n) is 23.2. The maximum Gasteiger partial charge on any atom is 0.0245 e. The quantitative estimate of drug-likeness (QED) is 0.0619. The normalized spacial score (nSPS) is 27.2. The lowest BCUT2D eigenvalue weighted by atomic mass is 9.69. The first-order valence-corrected chi connectivity index (χ1v) is 38.7. The van der Waals surface area contributed by atoms with Crippen molar-refractivity contribution in [2.24, 2.45) is 71.0 Å². The molecule has 480 valence electrons. The maximum atomic E-state index is 3.62. The molecule has 0 bridgehead atoms. The molecule has 0 saturated heterocycles. The smallest absolute Gasteiger partial charge is 0.0245 e. The van der Waals surface area contributed by atoms with Gasteiger partial charge in [-0.1, -0.05) is 248 Å². The van der Waals surface area contributed by atoms with Gasteiger partial charge in [-0.2, -0.15) is 0 Å². The number of hydrogen-bond acceptors (Lipinski definition) is 0. The van der Waals surface area contributed by atoms with Gasteiger partial charge in [0.05, 0.1) is 0 Å². The fourth-order valence-electron chi connectivity index (χ4n) is 17.2. The van der Waals surface area contributed by atoms with E-state index < -0.39 is 0 Å². The molecule has 6 fully saturated rings. The van der Waals surface area contributed by atoms with Crippen LogP contribution in [0.2, 0.25) is 0 Å². The molecule has 0 heteroatoms. The number of aryl methyl sites for hydroxylation is 3. The summed E-state index contributed by atoms with van der Waals surface area (Å²) in [6.07, 6.45) is 63.2. The average molecular weight is 1180 g/mol. The number of unbranched alkanes of at least 4 members (excludes halogenated alkanes) is 9. The zero-order chi connectivity index (χ0) is 60.9. The zero-order valence-electron chi connectivity index (χ0n) is 57.7. The van der Waals surface area contributed by atoms with Crippen LogP contribution in [0.5, 0.6) is 0 Å². The summed E-state index contributed by atoms with van der Waals surface area (Å²) >= 11 is 0. The molecule has 0 N–H and O–H groups in total. The molecule has 0 radical (unpaired) electrons. The van der Waals surface area contributed by atoms with Crippen LogP contribution in [0.25, 0.3) is 0 Å². The molecule has 9 rings (SSSR count). The van der Waals surface area contributed by atoms with Gasteiger partial charge in [-0.15, -0.1) is 0 Å². The zero-order valence-corrected chi connectivity index (χ0v) is 57.7. The van der Waals surface area contributed by atoms with Crippen molar-refractivity contribution in [2.45, 2.75) is 330 Å². The molecule has 6 aliphatic rings. The number of rotatable bonds is 24. The Bertz CT molecular complexity index is 2390. The fourth-order valence-corrected chi connectivity index (χ4v) is 17.2. The van der Waals surface area contributed by atoms with Crippen molar-refractivity contribution >= 4 is 0 Å². The molecule has 87 heavy (non-hydrogen) atoms. The largest absolute Gasteiger partial charge is 0.0945 e. The first-order valence-electron chi connectivity index (χ1n) is 38.7. The maximum absolute atomic E-state index is 3.62. The summed E-state index contributed by atoms with van der Waals surface area (Å²) < 4.78 is 0. The molecule has 0 aliphatic heterocycles. The van der Waals surface area contributed by atoms with Crippen LogP contribution in [0.4, 0.5) is 0 Å². The van der Waals surface area contributed by atoms with Crippen LogP contribution in [0.3, 0.4) is 0 Å². The molecule has 6 saturated carbocycles. The lowest BCUT2D eigenvalue weighted by Crippen LogP contribution is -2.25. The summed E-state index contributed by atoms with van der Waals surface area (Å²) in [6.45, 7) is 13.8. The van der Waals surface area contributed by atoms with Crippen molar-refractivity contribution in [2.75, 3.05) is 0 Å². The van der Waals surface area contributed by atoms with Gasteiger partial charge >= 0.3 is 0 Å². The second kappa shape index (κ2) is 42.4. The highest BCUT2D eigenvalue weighted by molar-refractivity contribution is 5.39. The van der Waals surface area contributed by atoms with Crippen molar-refractivity contribution in [3.63, 3.8) is 0 Å². The number of benzene rings is 3. The van der Waals surface area contributed by atoms with E-state index in [2.05, 4.69) is 150 Å². The van der Waals surface area contributed by atoms with Gasteiger partial charge in [-0.3, -0.25) is 0 Å². The van der Waals surface area contributed by atoms with Crippen LogP contribution in [-0.4, -0.2) is 0 Å². The van der Waals surface area contributed by atoms with Crippen molar-refractivity contribution in [1.82, 2.24) is 0 Å². The topological polar surface area (TPSA) is 0 Å². The van der Waals surface area contributed by atoms with Gasteiger partial charge in [0, 0.05) is 34.4 Å². The first-order chi connectivity index (χ1) is 42.8. The van der Waals surface area contributed by atoms with E-state index in [1.54, 1.807) is 0 Å². The standard InChI is InChI=1S/C30H46.C29H44.C28H42/c1-3-5-7-9-25-11-13-27(14-12-25)15-16-28-19-23-30(24-20-28)29-21-17-26(18-22-29)10-8-6-4-2;1-3-5-7-9-25-10-12-26(13-11-25)14-15-27-18-22-29(23-19-27)28-20-16-24(17-21-28)8-6-4-2;1-3-5-6-8-24-9-11-25(12-10-24)13-14-26-17-21-28(22-18-26)27-19-15-23(7-4-2)16-20-27/h11-14,26,28-30H,3-10,17-24H2,1-2H3;10-13,24,27-29H,3-9,16-23H2,1-2H3;9-12,23,26-28H,3-8,15-22H2,1-2H3. The van der Waals surface area contributed by atoms with E-state index in [4.69, 9.17) is 0 Å². The van der Waals surface area contributed by atoms with Gasteiger partial charge in [0.2, 0.25) is 0 Å².